The quantitative estimate of drug-likeness (QED) is 0.654. The number of benzene rings is 2. The van der Waals surface area contributed by atoms with Gasteiger partial charge in [0.05, 0.1) is 6.04 Å². The Hall–Kier alpha value is -1.62. The lowest BCUT2D eigenvalue weighted by atomic mass is 10.1. The molecule has 0 heterocycles. The number of rotatable bonds is 5. The predicted octanol–water partition coefficient (Wildman–Crippen LogP) is 3.06. The molecule has 3 nitrogen and oxygen atoms in total. The molecule has 0 aliphatic heterocycles. The van der Waals surface area contributed by atoms with E-state index in [0.29, 0.717) is 16.3 Å². The molecule has 0 saturated heterocycles. The molecule has 0 spiro atoms. The van der Waals surface area contributed by atoms with Crippen LogP contribution in [0.15, 0.2) is 48.5 Å². The molecule has 19 heavy (non-hydrogen) atoms. The third-order valence-electron chi connectivity index (χ3n) is 2.69. The summed E-state index contributed by atoms with van der Waals surface area (Å²) in [7, 11) is 0. The smallest absolute Gasteiger partial charge is 0.128 e. The third-order valence-corrected chi connectivity index (χ3v) is 2.93. The fraction of sp³-hybridized carbons (Fsp3) is 0.143. The normalized spacial score (nSPS) is 12.2. The number of hydrogen-bond acceptors (Lipinski definition) is 3. The third kappa shape index (κ3) is 3.67. The summed E-state index contributed by atoms with van der Waals surface area (Å²) in [5, 5.41) is 0.584. The van der Waals surface area contributed by atoms with Gasteiger partial charge >= 0.3 is 0 Å². The largest absolute Gasteiger partial charge is 0.491 e. The minimum absolute atomic E-state index is 0.206. The standard InChI is InChI=1S/C14H14ClFN2O/c15-10-4-3-5-11(8-10)19-9-14(18-17)12-6-1-2-7-13(12)16/h1-8,14,18H,9,17H2. The fourth-order valence-corrected chi connectivity index (χ4v) is 1.90. The van der Waals surface area contributed by atoms with Crippen LogP contribution in [0, 0.1) is 5.82 Å². The first-order chi connectivity index (χ1) is 9.20. The summed E-state index contributed by atoms with van der Waals surface area (Å²) in [5.41, 5.74) is 3.01. The molecule has 2 aromatic rings. The highest BCUT2D eigenvalue weighted by molar-refractivity contribution is 6.30. The van der Waals surface area contributed by atoms with Crippen molar-refractivity contribution in [1.82, 2.24) is 5.43 Å². The van der Waals surface area contributed by atoms with E-state index in [9.17, 15) is 4.39 Å². The van der Waals surface area contributed by atoms with Gasteiger partial charge in [-0.3, -0.25) is 5.84 Å². The second-order valence-corrected chi connectivity index (χ2v) is 4.45. The Bertz CT molecular complexity index is 550. The van der Waals surface area contributed by atoms with Gasteiger partial charge in [0.25, 0.3) is 0 Å². The molecule has 0 aliphatic rings. The molecule has 0 fully saturated rings. The first-order valence-electron chi connectivity index (χ1n) is 5.79. The molecule has 0 aromatic heterocycles. The summed E-state index contributed by atoms with van der Waals surface area (Å²) in [6.45, 7) is 0.206. The van der Waals surface area contributed by atoms with Crippen LogP contribution in [0.25, 0.3) is 0 Å². The maximum Gasteiger partial charge on any atom is 0.128 e. The molecule has 3 N–H and O–H groups in total. The Balaban J connectivity index is 2.06. The molecule has 0 bridgehead atoms. The summed E-state index contributed by atoms with van der Waals surface area (Å²) in [6, 6.07) is 13.0. The average Bonchev–Trinajstić information content (AvgIpc) is 2.41. The zero-order valence-electron chi connectivity index (χ0n) is 10.1. The van der Waals surface area contributed by atoms with Crippen LogP contribution in [-0.4, -0.2) is 6.61 Å². The summed E-state index contributed by atoms with van der Waals surface area (Å²) in [4.78, 5) is 0. The van der Waals surface area contributed by atoms with Gasteiger partial charge in [-0.1, -0.05) is 35.9 Å². The fourth-order valence-electron chi connectivity index (χ4n) is 1.72. The maximum absolute atomic E-state index is 13.6. The van der Waals surface area contributed by atoms with E-state index in [2.05, 4.69) is 5.43 Å². The second-order valence-electron chi connectivity index (χ2n) is 4.01. The average molecular weight is 281 g/mol. The van der Waals surface area contributed by atoms with E-state index in [4.69, 9.17) is 22.2 Å². The van der Waals surface area contributed by atoms with Crippen molar-refractivity contribution in [2.45, 2.75) is 6.04 Å². The van der Waals surface area contributed by atoms with Gasteiger partial charge in [0, 0.05) is 10.6 Å². The van der Waals surface area contributed by atoms with Crippen LogP contribution in [0.2, 0.25) is 5.02 Å². The summed E-state index contributed by atoms with van der Waals surface area (Å²) in [6.07, 6.45) is 0. The van der Waals surface area contributed by atoms with E-state index in [1.54, 1.807) is 42.5 Å². The summed E-state index contributed by atoms with van der Waals surface area (Å²) in [5.74, 6) is 5.74. The predicted molar refractivity (Wildman–Crippen MR) is 73.4 cm³/mol. The van der Waals surface area contributed by atoms with Crippen molar-refractivity contribution in [1.29, 1.82) is 0 Å². The highest BCUT2D eigenvalue weighted by atomic mass is 35.5. The van der Waals surface area contributed by atoms with Crippen molar-refractivity contribution in [2.75, 3.05) is 6.61 Å². The van der Waals surface area contributed by atoms with Crippen molar-refractivity contribution < 1.29 is 9.13 Å². The molecule has 0 aliphatic carbocycles. The molecular formula is C14H14ClFN2O. The van der Waals surface area contributed by atoms with Gasteiger partial charge < -0.3 is 4.74 Å². The number of nitrogens with two attached hydrogens (primary N) is 1. The molecule has 1 atom stereocenters. The lowest BCUT2D eigenvalue weighted by Gasteiger charge is -2.17. The Morgan fingerprint density at radius 1 is 1.21 bits per heavy atom. The Morgan fingerprint density at radius 2 is 2.00 bits per heavy atom. The number of ether oxygens (including phenoxy) is 1. The lowest BCUT2D eigenvalue weighted by molar-refractivity contribution is 0.264. The van der Waals surface area contributed by atoms with Gasteiger partial charge in [0.2, 0.25) is 0 Å². The lowest BCUT2D eigenvalue weighted by Crippen LogP contribution is -2.33. The summed E-state index contributed by atoms with van der Waals surface area (Å²) < 4.78 is 19.2. The van der Waals surface area contributed by atoms with Crippen molar-refractivity contribution in [3.05, 3.63) is 64.9 Å². The van der Waals surface area contributed by atoms with E-state index >= 15 is 0 Å². The maximum atomic E-state index is 13.6. The molecule has 2 rings (SSSR count). The zero-order valence-corrected chi connectivity index (χ0v) is 10.9. The van der Waals surface area contributed by atoms with Gasteiger partial charge in [0.1, 0.15) is 18.2 Å². The van der Waals surface area contributed by atoms with E-state index in [1.807, 2.05) is 0 Å². The molecule has 100 valence electrons. The summed E-state index contributed by atoms with van der Waals surface area (Å²) >= 11 is 5.86. The van der Waals surface area contributed by atoms with Crippen LogP contribution < -0.4 is 16.0 Å². The monoisotopic (exact) mass is 280 g/mol. The molecular weight excluding hydrogens is 267 g/mol. The highest BCUT2D eigenvalue weighted by Crippen LogP contribution is 2.20. The van der Waals surface area contributed by atoms with E-state index in [1.165, 1.54) is 6.07 Å². The Kier molecular flexibility index (Phi) is 4.74. The zero-order chi connectivity index (χ0) is 13.7. The number of hydrazine groups is 1. The van der Waals surface area contributed by atoms with Crippen molar-refractivity contribution in [3.8, 4) is 5.75 Å². The van der Waals surface area contributed by atoms with Crippen LogP contribution >= 0.6 is 11.6 Å². The van der Waals surface area contributed by atoms with Crippen LogP contribution in [0.1, 0.15) is 11.6 Å². The first kappa shape index (κ1) is 13.8. The topological polar surface area (TPSA) is 47.3 Å². The molecule has 0 amide bonds. The minimum atomic E-state index is -0.430. The van der Waals surface area contributed by atoms with Crippen molar-refractivity contribution in [2.24, 2.45) is 5.84 Å². The highest BCUT2D eigenvalue weighted by Gasteiger charge is 2.14. The van der Waals surface area contributed by atoms with Gasteiger partial charge in [-0.2, -0.15) is 0 Å². The van der Waals surface area contributed by atoms with E-state index < -0.39 is 6.04 Å². The number of nitrogens with one attached hydrogen (secondary N) is 1. The van der Waals surface area contributed by atoms with E-state index in [0.717, 1.165) is 0 Å². The Labute approximate surface area is 116 Å². The van der Waals surface area contributed by atoms with Crippen LogP contribution in [-0.2, 0) is 0 Å². The van der Waals surface area contributed by atoms with Gasteiger partial charge in [0.15, 0.2) is 0 Å². The molecule has 2 aromatic carbocycles. The minimum Gasteiger partial charge on any atom is -0.491 e. The van der Waals surface area contributed by atoms with Crippen LogP contribution in [0.3, 0.4) is 0 Å². The van der Waals surface area contributed by atoms with Crippen LogP contribution in [0.5, 0.6) is 5.75 Å². The van der Waals surface area contributed by atoms with Crippen LogP contribution in [0.4, 0.5) is 4.39 Å². The van der Waals surface area contributed by atoms with Crippen molar-refractivity contribution in [3.63, 3.8) is 0 Å². The second kappa shape index (κ2) is 6.52. The molecule has 0 radical (unpaired) electrons. The number of halogens is 2. The molecule has 0 saturated carbocycles. The number of hydrogen-bond donors (Lipinski definition) is 2. The van der Waals surface area contributed by atoms with Crippen molar-refractivity contribution >= 4 is 11.6 Å². The first-order valence-corrected chi connectivity index (χ1v) is 6.17. The van der Waals surface area contributed by atoms with Gasteiger partial charge in [-0.15, -0.1) is 0 Å². The van der Waals surface area contributed by atoms with Gasteiger partial charge in [-0.05, 0) is 24.3 Å². The van der Waals surface area contributed by atoms with Gasteiger partial charge in [-0.25, -0.2) is 9.82 Å². The molecule has 5 heteroatoms. The molecule has 1 unspecified atom stereocenters. The Morgan fingerprint density at radius 3 is 2.68 bits per heavy atom. The van der Waals surface area contributed by atoms with E-state index in [-0.39, 0.29) is 12.4 Å². The SMILES string of the molecule is NNC(COc1cccc(Cl)c1)c1ccccc1F.